The van der Waals surface area contributed by atoms with Crippen LogP contribution in [0.4, 0.5) is 23.7 Å². The number of sulfonamides is 1. The summed E-state index contributed by atoms with van der Waals surface area (Å²) < 4.78 is 64.1. The van der Waals surface area contributed by atoms with Crippen LogP contribution in [0.2, 0.25) is 0 Å². The van der Waals surface area contributed by atoms with Crippen LogP contribution < -0.4 is 15.4 Å². The molecule has 0 aliphatic heterocycles. The highest BCUT2D eigenvalue weighted by atomic mass is 32.2. The van der Waals surface area contributed by atoms with E-state index in [0.717, 1.165) is 12.1 Å². The van der Waals surface area contributed by atoms with Crippen LogP contribution in [0.15, 0.2) is 54.6 Å². The summed E-state index contributed by atoms with van der Waals surface area (Å²) in [5, 5.41) is 4.63. The lowest BCUT2D eigenvalue weighted by molar-refractivity contribution is -0.137. The number of halogens is 3. The highest BCUT2D eigenvalue weighted by Crippen LogP contribution is 2.30. The Morgan fingerprint density at radius 2 is 1.67 bits per heavy atom. The molecule has 0 saturated heterocycles. The molecular formula is C17H18F3N3O3S. The third kappa shape index (κ3) is 7.27. The minimum absolute atomic E-state index is 0.0213. The number of carbonyl (C=O) groups excluding carboxylic acids is 1. The van der Waals surface area contributed by atoms with Gasteiger partial charge in [0, 0.05) is 18.8 Å². The van der Waals surface area contributed by atoms with Crippen LogP contribution in [0.1, 0.15) is 11.1 Å². The lowest BCUT2D eigenvalue weighted by atomic mass is 10.2. The SMILES string of the molecule is O=C(NCCNS(=O)(=O)Cc1ccccc1)Nc1cccc(C(F)(F)F)c1. The maximum absolute atomic E-state index is 12.6. The van der Waals surface area contributed by atoms with E-state index in [2.05, 4.69) is 15.4 Å². The Hall–Kier alpha value is -2.59. The smallest absolute Gasteiger partial charge is 0.337 e. The summed E-state index contributed by atoms with van der Waals surface area (Å²) in [6.07, 6.45) is -4.51. The van der Waals surface area contributed by atoms with Gasteiger partial charge in [-0.15, -0.1) is 0 Å². The Kier molecular flexibility index (Phi) is 6.81. The van der Waals surface area contributed by atoms with Crippen molar-refractivity contribution in [3.05, 3.63) is 65.7 Å². The first kappa shape index (κ1) is 20.7. The molecule has 2 amide bonds. The number of urea groups is 1. The number of hydrogen-bond donors (Lipinski definition) is 3. The summed E-state index contributed by atoms with van der Waals surface area (Å²) in [6.45, 7) is -0.0794. The van der Waals surface area contributed by atoms with Crippen LogP contribution in [0, 0.1) is 0 Å². The molecule has 0 atom stereocenters. The minimum Gasteiger partial charge on any atom is -0.337 e. The molecule has 0 bridgehead atoms. The van der Waals surface area contributed by atoms with Gasteiger partial charge in [-0.25, -0.2) is 17.9 Å². The summed E-state index contributed by atoms with van der Waals surface area (Å²) in [4.78, 5) is 11.7. The Morgan fingerprint density at radius 1 is 0.963 bits per heavy atom. The lowest BCUT2D eigenvalue weighted by Crippen LogP contribution is -2.37. The van der Waals surface area contributed by atoms with Gasteiger partial charge in [0.25, 0.3) is 0 Å². The van der Waals surface area contributed by atoms with Crippen molar-refractivity contribution in [1.82, 2.24) is 10.0 Å². The monoisotopic (exact) mass is 401 g/mol. The molecule has 2 rings (SSSR count). The zero-order valence-electron chi connectivity index (χ0n) is 14.1. The number of hydrogen-bond acceptors (Lipinski definition) is 3. The molecule has 2 aromatic carbocycles. The average molecular weight is 401 g/mol. The van der Waals surface area contributed by atoms with Crippen molar-refractivity contribution in [3.63, 3.8) is 0 Å². The largest absolute Gasteiger partial charge is 0.416 e. The summed E-state index contributed by atoms with van der Waals surface area (Å²) in [6, 6.07) is 12.0. The van der Waals surface area contributed by atoms with Crippen LogP contribution in [-0.2, 0) is 22.0 Å². The number of nitrogens with one attached hydrogen (secondary N) is 3. The van der Waals surface area contributed by atoms with E-state index >= 15 is 0 Å². The normalized spacial score (nSPS) is 11.8. The standard InChI is InChI=1S/C17H18F3N3O3S/c18-17(19,20)14-7-4-8-15(11-14)23-16(24)21-9-10-22-27(25,26)12-13-5-2-1-3-6-13/h1-8,11,22H,9-10,12H2,(H2,21,23,24). The summed E-state index contributed by atoms with van der Waals surface area (Å²) in [7, 11) is -3.56. The number of carbonyl (C=O) groups is 1. The molecule has 0 aliphatic rings. The summed E-state index contributed by atoms with van der Waals surface area (Å²) in [5.74, 6) is -0.190. The van der Waals surface area contributed by atoms with Gasteiger partial charge in [-0.2, -0.15) is 13.2 Å². The third-order valence-corrected chi connectivity index (χ3v) is 4.74. The fourth-order valence-corrected chi connectivity index (χ4v) is 3.32. The Bertz CT molecular complexity index is 872. The first-order chi connectivity index (χ1) is 12.7. The Labute approximate surface area is 154 Å². The molecule has 0 spiro atoms. The van der Waals surface area contributed by atoms with Gasteiger partial charge in [0.15, 0.2) is 0 Å². The van der Waals surface area contributed by atoms with E-state index in [-0.39, 0.29) is 24.5 Å². The number of rotatable bonds is 7. The predicted molar refractivity (Wildman–Crippen MR) is 95.5 cm³/mol. The van der Waals surface area contributed by atoms with Crippen LogP contribution >= 0.6 is 0 Å². The van der Waals surface area contributed by atoms with E-state index in [1.807, 2.05) is 0 Å². The molecular weight excluding hydrogens is 383 g/mol. The molecule has 10 heteroatoms. The highest BCUT2D eigenvalue weighted by molar-refractivity contribution is 7.88. The van der Waals surface area contributed by atoms with Gasteiger partial charge in [-0.3, -0.25) is 0 Å². The van der Waals surface area contributed by atoms with Crippen LogP contribution in [0.3, 0.4) is 0 Å². The molecule has 0 aromatic heterocycles. The first-order valence-corrected chi connectivity index (χ1v) is 9.54. The van der Waals surface area contributed by atoms with Crippen LogP contribution in [0.5, 0.6) is 0 Å². The number of anilines is 1. The van der Waals surface area contributed by atoms with Gasteiger partial charge < -0.3 is 10.6 Å². The topological polar surface area (TPSA) is 87.3 Å². The van der Waals surface area contributed by atoms with Crippen molar-refractivity contribution >= 4 is 21.7 Å². The predicted octanol–water partition coefficient (Wildman–Crippen LogP) is 2.95. The molecule has 2 aromatic rings. The molecule has 0 aliphatic carbocycles. The molecule has 27 heavy (non-hydrogen) atoms. The van der Waals surface area contributed by atoms with Gasteiger partial charge in [0.2, 0.25) is 10.0 Å². The molecule has 0 fully saturated rings. The zero-order valence-corrected chi connectivity index (χ0v) is 14.9. The van der Waals surface area contributed by atoms with E-state index in [1.165, 1.54) is 12.1 Å². The van der Waals surface area contributed by atoms with Crippen LogP contribution in [-0.4, -0.2) is 27.5 Å². The first-order valence-electron chi connectivity index (χ1n) is 7.89. The van der Waals surface area contributed by atoms with Crippen molar-refractivity contribution in [2.45, 2.75) is 11.9 Å². The van der Waals surface area contributed by atoms with Crippen molar-refractivity contribution in [3.8, 4) is 0 Å². The second-order valence-corrected chi connectivity index (χ2v) is 7.41. The van der Waals surface area contributed by atoms with Gasteiger partial charge in [0.1, 0.15) is 0 Å². The highest BCUT2D eigenvalue weighted by Gasteiger charge is 2.30. The van der Waals surface area contributed by atoms with E-state index in [0.29, 0.717) is 5.56 Å². The molecule has 0 radical (unpaired) electrons. The van der Waals surface area contributed by atoms with E-state index in [4.69, 9.17) is 0 Å². The van der Waals surface area contributed by atoms with E-state index < -0.39 is 27.8 Å². The second kappa shape index (κ2) is 8.87. The Morgan fingerprint density at radius 3 is 2.33 bits per heavy atom. The lowest BCUT2D eigenvalue weighted by Gasteiger charge is -2.11. The average Bonchev–Trinajstić information content (AvgIpc) is 2.59. The van der Waals surface area contributed by atoms with Gasteiger partial charge in [-0.1, -0.05) is 36.4 Å². The third-order valence-electron chi connectivity index (χ3n) is 3.38. The number of amides is 2. The zero-order chi connectivity index (χ0) is 19.9. The quantitative estimate of drug-likeness (QED) is 0.624. The second-order valence-electron chi connectivity index (χ2n) is 5.60. The maximum Gasteiger partial charge on any atom is 0.416 e. The molecule has 146 valence electrons. The summed E-state index contributed by atoms with van der Waals surface area (Å²) >= 11 is 0. The molecule has 0 unspecified atom stereocenters. The minimum atomic E-state index is -4.51. The number of benzene rings is 2. The Balaban J connectivity index is 1.76. The molecule has 3 N–H and O–H groups in total. The van der Waals surface area contributed by atoms with Crippen molar-refractivity contribution in [2.24, 2.45) is 0 Å². The fraction of sp³-hybridized carbons (Fsp3) is 0.235. The number of alkyl halides is 3. The summed E-state index contributed by atoms with van der Waals surface area (Å²) in [5.41, 5.74) is -0.277. The van der Waals surface area contributed by atoms with Crippen molar-refractivity contribution in [2.75, 3.05) is 18.4 Å². The maximum atomic E-state index is 12.6. The molecule has 0 saturated carbocycles. The molecule has 6 nitrogen and oxygen atoms in total. The van der Waals surface area contributed by atoms with Crippen molar-refractivity contribution in [1.29, 1.82) is 0 Å². The molecule has 0 heterocycles. The van der Waals surface area contributed by atoms with Crippen molar-refractivity contribution < 1.29 is 26.4 Å². The van der Waals surface area contributed by atoms with E-state index in [9.17, 15) is 26.4 Å². The van der Waals surface area contributed by atoms with Crippen LogP contribution in [0.25, 0.3) is 0 Å². The fourth-order valence-electron chi connectivity index (χ4n) is 2.18. The van der Waals surface area contributed by atoms with Gasteiger partial charge in [-0.05, 0) is 23.8 Å². The van der Waals surface area contributed by atoms with Gasteiger partial charge >= 0.3 is 12.2 Å². The van der Waals surface area contributed by atoms with E-state index in [1.54, 1.807) is 30.3 Å². The van der Waals surface area contributed by atoms with Gasteiger partial charge in [0.05, 0.1) is 11.3 Å².